The van der Waals surface area contributed by atoms with Crippen LogP contribution in [0.25, 0.3) is 10.4 Å². The van der Waals surface area contributed by atoms with Gasteiger partial charge in [-0.15, -0.1) is 11.3 Å². The van der Waals surface area contributed by atoms with Crippen LogP contribution in [-0.4, -0.2) is 37.1 Å². The number of nitrogens with two attached hydrogens (primary N) is 1. The first-order chi connectivity index (χ1) is 13.2. The van der Waals surface area contributed by atoms with Crippen LogP contribution in [0.1, 0.15) is 16.3 Å². The highest BCUT2D eigenvalue weighted by molar-refractivity contribution is 7.13. The molecule has 6 nitrogen and oxygen atoms in total. The minimum atomic E-state index is -0.307. The van der Waals surface area contributed by atoms with E-state index in [1.807, 2.05) is 35.7 Å². The number of benzene rings is 1. The van der Waals surface area contributed by atoms with Gasteiger partial charge in [0.2, 0.25) is 0 Å². The van der Waals surface area contributed by atoms with Crippen LogP contribution in [0, 0.1) is 0 Å². The fourth-order valence-electron chi connectivity index (χ4n) is 3.01. The summed E-state index contributed by atoms with van der Waals surface area (Å²) in [5.41, 5.74) is 8.15. The van der Waals surface area contributed by atoms with Gasteiger partial charge in [0.15, 0.2) is 5.76 Å². The number of furan rings is 1. The predicted octanol–water partition coefficient (Wildman–Crippen LogP) is 3.67. The SMILES string of the molecule is Nc1ccc(-c2cccs2)cc1NC(=O)c1ccc(CN2CCOCC2)o1. The van der Waals surface area contributed by atoms with Gasteiger partial charge in [0.05, 0.1) is 31.1 Å². The highest BCUT2D eigenvalue weighted by Crippen LogP contribution is 2.30. The zero-order valence-corrected chi connectivity index (χ0v) is 15.6. The maximum atomic E-state index is 12.6. The molecule has 0 radical (unpaired) electrons. The molecule has 1 aromatic carbocycles. The summed E-state index contributed by atoms with van der Waals surface area (Å²) in [6, 6.07) is 13.2. The lowest BCUT2D eigenvalue weighted by atomic mass is 10.1. The Morgan fingerprint density at radius 1 is 1.19 bits per heavy atom. The van der Waals surface area contributed by atoms with Crippen LogP contribution in [0.5, 0.6) is 0 Å². The van der Waals surface area contributed by atoms with Gasteiger partial charge < -0.3 is 20.2 Å². The van der Waals surface area contributed by atoms with Crippen LogP contribution >= 0.6 is 11.3 Å². The van der Waals surface area contributed by atoms with Gasteiger partial charge in [0, 0.05) is 18.0 Å². The average Bonchev–Trinajstić information content (AvgIpc) is 3.36. The van der Waals surface area contributed by atoms with Gasteiger partial charge in [-0.2, -0.15) is 0 Å². The molecule has 0 unspecified atom stereocenters. The molecule has 0 saturated carbocycles. The zero-order valence-electron chi connectivity index (χ0n) is 14.8. The molecule has 1 fully saturated rings. The van der Waals surface area contributed by atoms with Gasteiger partial charge in [-0.3, -0.25) is 9.69 Å². The topological polar surface area (TPSA) is 80.7 Å². The third-order valence-corrected chi connectivity index (χ3v) is 5.39. The second kappa shape index (κ2) is 7.96. The Morgan fingerprint density at radius 2 is 2.04 bits per heavy atom. The highest BCUT2D eigenvalue weighted by Gasteiger charge is 2.16. The Morgan fingerprint density at radius 3 is 2.81 bits per heavy atom. The molecule has 0 aliphatic carbocycles. The second-order valence-corrected chi connectivity index (χ2v) is 7.34. The molecular formula is C20H21N3O3S. The highest BCUT2D eigenvalue weighted by atomic mass is 32.1. The first-order valence-corrected chi connectivity index (χ1v) is 9.70. The molecular weight excluding hydrogens is 362 g/mol. The minimum absolute atomic E-state index is 0.277. The first-order valence-electron chi connectivity index (χ1n) is 8.82. The number of rotatable bonds is 5. The van der Waals surface area contributed by atoms with Crippen molar-refractivity contribution in [1.29, 1.82) is 0 Å². The van der Waals surface area contributed by atoms with E-state index in [0.29, 0.717) is 17.9 Å². The number of nitrogens with one attached hydrogen (secondary N) is 1. The van der Waals surface area contributed by atoms with Crippen molar-refractivity contribution in [2.75, 3.05) is 37.4 Å². The van der Waals surface area contributed by atoms with Crippen LogP contribution in [0.15, 0.2) is 52.3 Å². The van der Waals surface area contributed by atoms with Crippen molar-refractivity contribution in [3.8, 4) is 10.4 Å². The normalized spacial score (nSPS) is 15.0. The third kappa shape index (κ3) is 4.21. The fourth-order valence-corrected chi connectivity index (χ4v) is 3.73. The van der Waals surface area contributed by atoms with E-state index >= 15 is 0 Å². The fraction of sp³-hybridized carbons (Fsp3) is 0.250. The number of nitrogens with zero attached hydrogens (tertiary/aromatic N) is 1. The van der Waals surface area contributed by atoms with Crippen LogP contribution in [0.3, 0.4) is 0 Å². The first kappa shape index (κ1) is 17.8. The van der Waals surface area contributed by atoms with E-state index in [9.17, 15) is 4.79 Å². The molecule has 7 heteroatoms. The number of morpholine rings is 1. The summed E-state index contributed by atoms with van der Waals surface area (Å²) >= 11 is 1.64. The van der Waals surface area contributed by atoms with Gasteiger partial charge in [-0.25, -0.2) is 0 Å². The van der Waals surface area contributed by atoms with E-state index in [1.165, 1.54) is 0 Å². The number of nitrogen functional groups attached to an aromatic ring is 1. The largest absolute Gasteiger partial charge is 0.455 e. The molecule has 0 bridgehead atoms. The van der Waals surface area contributed by atoms with Crippen molar-refractivity contribution >= 4 is 28.6 Å². The number of carbonyl (C=O) groups is 1. The summed E-state index contributed by atoms with van der Waals surface area (Å²) in [5, 5.41) is 4.88. The Hall–Kier alpha value is -2.61. The molecule has 0 spiro atoms. The van der Waals surface area contributed by atoms with Gasteiger partial charge >= 0.3 is 0 Å². The summed E-state index contributed by atoms with van der Waals surface area (Å²) in [4.78, 5) is 15.9. The minimum Gasteiger partial charge on any atom is -0.455 e. The van der Waals surface area contributed by atoms with Crippen molar-refractivity contribution in [1.82, 2.24) is 4.90 Å². The van der Waals surface area contributed by atoms with Crippen molar-refractivity contribution < 1.29 is 13.9 Å². The summed E-state index contributed by atoms with van der Waals surface area (Å²) in [5.74, 6) is 0.736. The molecule has 27 heavy (non-hydrogen) atoms. The molecule has 3 heterocycles. The predicted molar refractivity (Wildman–Crippen MR) is 107 cm³/mol. The summed E-state index contributed by atoms with van der Waals surface area (Å²) in [6.45, 7) is 3.87. The van der Waals surface area contributed by atoms with E-state index in [4.69, 9.17) is 14.9 Å². The van der Waals surface area contributed by atoms with E-state index in [-0.39, 0.29) is 11.7 Å². The summed E-state index contributed by atoms with van der Waals surface area (Å²) < 4.78 is 11.1. The molecule has 1 saturated heterocycles. The molecule has 2 aromatic heterocycles. The number of hydrogen-bond donors (Lipinski definition) is 2. The number of carbonyl (C=O) groups excluding carboxylic acids is 1. The monoisotopic (exact) mass is 383 g/mol. The number of anilines is 2. The van der Waals surface area contributed by atoms with Crippen molar-refractivity contribution in [2.45, 2.75) is 6.54 Å². The van der Waals surface area contributed by atoms with Gasteiger partial charge in [0.25, 0.3) is 5.91 Å². The maximum absolute atomic E-state index is 12.6. The molecule has 140 valence electrons. The van der Waals surface area contributed by atoms with Gasteiger partial charge in [0.1, 0.15) is 5.76 Å². The van der Waals surface area contributed by atoms with E-state index in [1.54, 1.807) is 23.5 Å². The zero-order chi connectivity index (χ0) is 18.6. The van der Waals surface area contributed by atoms with Gasteiger partial charge in [-0.05, 0) is 41.3 Å². The number of thiophene rings is 1. The van der Waals surface area contributed by atoms with E-state index in [2.05, 4.69) is 10.2 Å². The number of amides is 1. The number of hydrogen-bond acceptors (Lipinski definition) is 6. The van der Waals surface area contributed by atoms with E-state index in [0.717, 1.165) is 42.5 Å². The van der Waals surface area contributed by atoms with E-state index < -0.39 is 0 Å². The Kier molecular flexibility index (Phi) is 5.24. The molecule has 1 amide bonds. The lowest BCUT2D eigenvalue weighted by Crippen LogP contribution is -2.35. The maximum Gasteiger partial charge on any atom is 0.291 e. The van der Waals surface area contributed by atoms with Crippen LogP contribution in [0.4, 0.5) is 11.4 Å². The molecule has 1 aliphatic heterocycles. The van der Waals surface area contributed by atoms with Crippen molar-refractivity contribution in [3.05, 3.63) is 59.4 Å². The third-order valence-electron chi connectivity index (χ3n) is 4.48. The molecule has 3 N–H and O–H groups in total. The van der Waals surface area contributed by atoms with Crippen LogP contribution in [-0.2, 0) is 11.3 Å². The Bertz CT molecular complexity index is 914. The standard InChI is InChI=1S/C20H21N3O3S/c21-16-5-3-14(19-2-1-11-27-19)12-17(16)22-20(24)18-6-4-15(26-18)13-23-7-9-25-10-8-23/h1-6,11-12H,7-10,13,21H2,(H,22,24). The Labute approximate surface area is 161 Å². The molecule has 0 atom stereocenters. The molecule has 3 aromatic rings. The summed E-state index contributed by atoms with van der Waals surface area (Å²) in [6.07, 6.45) is 0. The van der Waals surface area contributed by atoms with Crippen LogP contribution < -0.4 is 11.1 Å². The smallest absolute Gasteiger partial charge is 0.291 e. The Balaban J connectivity index is 1.45. The van der Waals surface area contributed by atoms with Crippen molar-refractivity contribution in [3.63, 3.8) is 0 Å². The average molecular weight is 383 g/mol. The number of ether oxygens (including phenoxy) is 1. The lowest BCUT2D eigenvalue weighted by Gasteiger charge is -2.25. The second-order valence-electron chi connectivity index (χ2n) is 6.39. The van der Waals surface area contributed by atoms with Crippen LogP contribution in [0.2, 0.25) is 0 Å². The lowest BCUT2D eigenvalue weighted by molar-refractivity contribution is 0.0312. The molecule has 4 rings (SSSR count). The van der Waals surface area contributed by atoms with Gasteiger partial charge in [-0.1, -0.05) is 12.1 Å². The van der Waals surface area contributed by atoms with Crippen molar-refractivity contribution in [2.24, 2.45) is 0 Å². The molecule has 1 aliphatic rings. The quantitative estimate of drug-likeness (QED) is 0.657. The summed E-state index contributed by atoms with van der Waals surface area (Å²) in [7, 11) is 0.